The number of halogens is 1. The maximum atomic E-state index is 15.3. The van der Waals surface area contributed by atoms with E-state index in [1.54, 1.807) is 21.8 Å². The van der Waals surface area contributed by atoms with Gasteiger partial charge in [0.2, 0.25) is 0 Å². The largest absolute Gasteiger partial charge is 0.338 e. The summed E-state index contributed by atoms with van der Waals surface area (Å²) in [5.41, 5.74) is 2.84. The molecule has 1 saturated heterocycles. The predicted octanol–water partition coefficient (Wildman–Crippen LogP) is 4.09. The number of aromatic nitrogens is 2. The summed E-state index contributed by atoms with van der Waals surface area (Å²) < 4.78 is 17.0. The fourth-order valence-corrected chi connectivity index (χ4v) is 5.59. The molecule has 39 heavy (non-hydrogen) atoms. The number of urea groups is 1. The molecule has 0 atom stereocenters. The summed E-state index contributed by atoms with van der Waals surface area (Å²) in [7, 11) is 1.83. The van der Waals surface area contributed by atoms with Gasteiger partial charge in [-0.3, -0.25) is 14.4 Å². The molecule has 0 spiro atoms. The number of carbonyl (C=O) groups excluding carboxylic acids is 2. The second kappa shape index (κ2) is 10.7. The zero-order chi connectivity index (χ0) is 26.9. The lowest BCUT2D eigenvalue weighted by Gasteiger charge is -2.38. The lowest BCUT2D eigenvalue weighted by molar-refractivity contribution is 0.0981. The third-order valence-corrected chi connectivity index (χ3v) is 8.14. The fraction of sp³-hybridized carbons (Fsp3) is 0.414. The number of benzene rings is 2. The van der Waals surface area contributed by atoms with Gasteiger partial charge in [0.15, 0.2) is 0 Å². The predicted molar refractivity (Wildman–Crippen MR) is 147 cm³/mol. The van der Waals surface area contributed by atoms with Crippen molar-refractivity contribution in [3.8, 4) is 0 Å². The van der Waals surface area contributed by atoms with Gasteiger partial charge in [-0.2, -0.15) is 5.10 Å². The molecule has 2 N–H and O–H groups in total. The van der Waals surface area contributed by atoms with Gasteiger partial charge in [0, 0.05) is 51.9 Å². The maximum absolute atomic E-state index is 15.3. The Morgan fingerprint density at radius 3 is 2.64 bits per heavy atom. The molecule has 1 saturated carbocycles. The minimum atomic E-state index is -0.613. The second-order valence-electron chi connectivity index (χ2n) is 10.7. The first-order valence-corrected chi connectivity index (χ1v) is 13.7. The molecule has 2 aliphatic heterocycles. The molecular weight excluding hydrogens is 497 g/mol. The number of aryl methyl sites for hydroxylation is 1. The lowest BCUT2D eigenvalue weighted by atomic mass is 9.85. The van der Waals surface area contributed by atoms with E-state index in [0.717, 1.165) is 42.6 Å². The smallest absolute Gasteiger partial charge is 0.317 e. The lowest BCUT2D eigenvalue weighted by Crippen LogP contribution is -2.52. The Balaban J connectivity index is 1.10. The minimum absolute atomic E-state index is 0.0187. The molecule has 0 unspecified atom stereocenters. The van der Waals surface area contributed by atoms with Gasteiger partial charge < -0.3 is 20.4 Å². The number of hydrogen-bond acceptors (Lipinski definition) is 5. The molecule has 0 bridgehead atoms. The Kier molecular flexibility index (Phi) is 6.95. The molecule has 2 fully saturated rings. The summed E-state index contributed by atoms with van der Waals surface area (Å²) in [6.45, 7) is 4.79. The number of rotatable bonds is 5. The van der Waals surface area contributed by atoms with Crippen LogP contribution in [0.25, 0.3) is 0 Å². The molecule has 3 heterocycles. The molecule has 3 aromatic rings. The highest BCUT2D eigenvalue weighted by Crippen LogP contribution is 2.36. The van der Waals surface area contributed by atoms with Crippen LogP contribution in [0.4, 0.5) is 26.4 Å². The van der Waals surface area contributed by atoms with Crippen LogP contribution < -0.4 is 15.5 Å². The Morgan fingerprint density at radius 1 is 1.10 bits per heavy atom. The first-order valence-electron chi connectivity index (χ1n) is 13.7. The van der Waals surface area contributed by atoms with Crippen LogP contribution in [0, 0.1) is 11.7 Å². The van der Waals surface area contributed by atoms with Crippen LogP contribution in [0.15, 0.2) is 48.7 Å². The van der Waals surface area contributed by atoms with Gasteiger partial charge in [0.25, 0.3) is 5.91 Å². The van der Waals surface area contributed by atoms with Crippen molar-refractivity contribution in [1.29, 1.82) is 0 Å². The summed E-state index contributed by atoms with van der Waals surface area (Å²) in [5.74, 6) is 0.573. The van der Waals surface area contributed by atoms with Crippen molar-refractivity contribution >= 4 is 29.1 Å². The van der Waals surface area contributed by atoms with Crippen LogP contribution in [0.3, 0.4) is 0 Å². The van der Waals surface area contributed by atoms with E-state index >= 15 is 4.39 Å². The number of piperazine rings is 1. The molecule has 2 aromatic carbocycles. The summed E-state index contributed by atoms with van der Waals surface area (Å²) in [6, 6.07) is 11.9. The Labute approximate surface area is 227 Å². The quantitative estimate of drug-likeness (QED) is 0.518. The van der Waals surface area contributed by atoms with Crippen molar-refractivity contribution in [3.63, 3.8) is 0 Å². The molecule has 6 rings (SSSR count). The van der Waals surface area contributed by atoms with Crippen LogP contribution in [-0.4, -0.2) is 64.2 Å². The first kappa shape index (κ1) is 25.4. The third kappa shape index (κ3) is 5.21. The topological polar surface area (TPSA) is 85.7 Å². The molecule has 9 nitrogen and oxygen atoms in total. The van der Waals surface area contributed by atoms with E-state index in [1.807, 2.05) is 36.2 Å². The normalized spacial score (nSPS) is 17.5. The first-order chi connectivity index (χ1) is 19.0. The van der Waals surface area contributed by atoms with Crippen LogP contribution >= 0.6 is 0 Å². The van der Waals surface area contributed by atoms with Gasteiger partial charge in [-0.05, 0) is 48.6 Å². The number of anilines is 3. The molecule has 204 valence electrons. The van der Waals surface area contributed by atoms with Crippen molar-refractivity contribution in [2.75, 3.05) is 42.9 Å². The van der Waals surface area contributed by atoms with Crippen molar-refractivity contribution in [2.24, 2.45) is 13.0 Å². The molecule has 3 amide bonds. The average Bonchev–Trinajstić information content (AvgIpc) is 3.17. The SMILES string of the molecule is Cn1ncc2c1Nc1ccccc1N(C(=O)c1ccc(CNC(=O)N3CCN(CC4CCC4)CC3)cc1F)C2. The Hall–Kier alpha value is -3.92. The van der Waals surface area contributed by atoms with Gasteiger partial charge in [0.1, 0.15) is 11.6 Å². The third-order valence-electron chi connectivity index (χ3n) is 8.14. The summed E-state index contributed by atoms with van der Waals surface area (Å²) in [4.78, 5) is 32.2. The van der Waals surface area contributed by atoms with Crippen molar-refractivity contribution in [2.45, 2.75) is 32.4 Å². The van der Waals surface area contributed by atoms with E-state index < -0.39 is 11.7 Å². The number of carbonyl (C=O) groups is 2. The molecule has 3 aliphatic rings. The van der Waals surface area contributed by atoms with Crippen LogP contribution in [-0.2, 0) is 20.1 Å². The summed E-state index contributed by atoms with van der Waals surface area (Å²) in [5, 5.41) is 10.6. The average molecular weight is 532 g/mol. The minimum Gasteiger partial charge on any atom is -0.338 e. The number of hydrogen-bond donors (Lipinski definition) is 2. The van der Waals surface area contributed by atoms with Crippen molar-refractivity contribution in [3.05, 3.63) is 71.2 Å². The van der Waals surface area contributed by atoms with Gasteiger partial charge >= 0.3 is 6.03 Å². The van der Waals surface area contributed by atoms with E-state index in [4.69, 9.17) is 0 Å². The van der Waals surface area contributed by atoms with Gasteiger partial charge in [-0.15, -0.1) is 0 Å². The summed E-state index contributed by atoms with van der Waals surface area (Å²) >= 11 is 0. The standard InChI is InChI=1S/C29H34FN7O2/c1-34-27-22(17-32-34)19-37(26-8-3-2-7-25(26)33-27)28(38)23-10-9-21(15-24(23)30)16-31-29(39)36-13-11-35(12-14-36)18-20-5-4-6-20/h2-3,7-10,15,17,20,33H,4-6,11-14,16,18-19H2,1H3,(H,31,39). The Bertz CT molecular complexity index is 1380. The van der Waals surface area contributed by atoms with Crippen molar-refractivity contribution < 1.29 is 14.0 Å². The highest BCUT2D eigenvalue weighted by atomic mass is 19.1. The zero-order valence-electron chi connectivity index (χ0n) is 22.2. The summed E-state index contributed by atoms with van der Waals surface area (Å²) in [6.07, 6.45) is 5.72. The number of para-hydroxylation sites is 2. The van der Waals surface area contributed by atoms with Crippen LogP contribution in [0.1, 0.15) is 40.7 Å². The number of amides is 3. The molecule has 0 radical (unpaired) electrons. The van der Waals surface area contributed by atoms with E-state index in [1.165, 1.54) is 31.4 Å². The zero-order valence-corrected chi connectivity index (χ0v) is 22.2. The molecule has 1 aliphatic carbocycles. The monoisotopic (exact) mass is 531 g/mol. The van der Waals surface area contributed by atoms with Crippen LogP contribution in [0.5, 0.6) is 0 Å². The van der Waals surface area contributed by atoms with Crippen molar-refractivity contribution in [1.82, 2.24) is 24.9 Å². The number of fused-ring (bicyclic) bond motifs is 2. The van der Waals surface area contributed by atoms with E-state index in [2.05, 4.69) is 20.6 Å². The van der Waals surface area contributed by atoms with Gasteiger partial charge in [-0.25, -0.2) is 9.18 Å². The van der Waals surface area contributed by atoms with E-state index in [-0.39, 0.29) is 24.7 Å². The number of nitrogens with one attached hydrogen (secondary N) is 2. The molecular formula is C29H34FN7O2. The van der Waals surface area contributed by atoms with Gasteiger partial charge in [0.05, 0.1) is 29.7 Å². The fourth-order valence-electron chi connectivity index (χ4n) is 5.59. The second-order valence-corrected chi connectivity index (χ2v) is 10.7. The highest BCUT2D eigenvalue weighted by Gasteiger charge is 2.29. The molecule has 1 aromatic heterocycles. The maximum Gasteiger partial charge on any atom is 0.317 e. The highest BCUT2D eigenvalue weighted by molar-refractivity contribution is 6.08. The van der Waals surface area contributed by atoms with E-state index in [0.29, 0.717) is 24.3 Å². The van der Waals surface area contributed by atoms with Gasteiger partial charge in [-0.1, -0.05) is 24.6 Å². The molecule has 10 heteroatoms. The van der Waals surface area contributed by atoms with E-state index in [9.17, 15) is 9.59 Å². The number of nitrogens with zero attached hydrogens (tertiary/aromatic N) is 5. The Morgan fingerprint density at radius 2 is 1.90 bits per heavy atom. The van der Waals surface area contributed by atoms with Crippen LogP contribution in [0.2, 0.25) is 0 Å².